The average molecular weight is 396 g/mol. The first-order chi connectivity index (χ1) is 13.5. The summed E-state index contributed by atoms with van der Waals surface area (Å²) < 4.78 is 1.66. The SMILES string of the molecule is CC(C)CCNC(=O)CSc1nc2ccccc2c(=O)n1Cc1ccccc1. The Labute approximate surface area is 169 Å². The highest BCUT2D eigenvalue weighted by Gasteiger charge is 2.13. The van der Waals surface area contributed by atoms with Gasteiger partial charge in [-0.25, -0.2) is 4.98 Å². The summed E-state index contributed by atoms with van der Waals surface area (Å²) in [6.45, 7) is 5.35. The minimum atomic E-state index is -0.0860. The maximum atomic E-state index is 13.1. The molecule has 2 aromatic carbocycles. The molecule has 1 N–H and O–H groups in total. The minimum absolute atomic E-state index is 0.0423. The lowest BCUT2D eigenvalue weighted by Gasteiger charge is -2.13. The van der Waals surface area contributed by atoms with E-state index in [1.807, 2.05) is 48.5 Å². The fraction of sp³-hybridized carbons (Fsp3) is 0.318. The molecule has 0 unspecified atom stereocenters. The van der Waals surface area contributed by atoms with Gasteiger partial charge in [-0.2, -0.15) is 0 Å². The van der Waals surface area contributed by atoms with Crippen molar-refractivity contribution in [3.05, 3.63) is 70.5 Å². The van der Waals surface area contributed by atoms with E-state index in [1.165, 1.54) is 11.8 Å². The number of fused-ring (bicyclic) bond motifs is 1. The molecule has 1 amide bonds. The fourth-order valence-corrected chi connectivity index (χ4v) is 3.67. The van der Waals surface area contributed by atoms with Gasteiger partial charge in [0.15, 0.2) is 5.16 Å². The van der Waals surface area contributed by atoms with Gasteiger partial charge in [-0.15, -0.1) is 0 Å². The van der Waals surface area contributed by atoms with Crippen molar-refractivity contribution in [3.63, 3.8) is 0 Å². The summed E-state index contributed by atoms with van der Waals surface area (Å²) >= 11 is 1.30. The molecule has 0 saturated carbocycles. The summed E-state index contributed by atoms with van der Waals surface area (Å²) in [6.07, 6.45) is 0.948. The quantitative estimate of drug-likeness (QED) is 0.467. The van der Waals surface area contributed by atoms with Crippen LogP contribution in [0.5, 0.6) is 0 Å². The number of nitrogens with zero attached hydrogens (tertiary/aromatic N) is 2. The van der Waals surface area contributed by atoms with Gasteiger partial charge in [0.1, 0.15) is 0 Å². The van der Waals surface area contributed by atoms with E-state index in [1.54, 1.807) is 10.6 Å². The van der Waals surface area contributed by atoms with Crippen LogP contribution in [0.4, 0.5) is 0 Å². The van der Waals surface area contributed by atoms with E-state index in [2.05, 4.69) is 24.1 Å². The summed E-state index contributed by atoms with van der Waals surface area (Å²) in [5, 5.41) is 4.08. The third-order valence-corrected chi connectivity index (χ3v) is 5.36. The number of hydrogen-bond donors (Lipinski definition) is 1. The number of amides is 1. The highest BCUT2D eigenvalue weighted by molar-refractivity contribution is 7.99. The van der Waals surface area contributed by atoms with Gasteiger partial charge in [0.05, 0.1) is 23.2 Å². The Balaban J connectivity index is 1.84. The second kappa shape index (κ2) is 9.55. The number of thioether (sulfide) groups is 1. The third-order valence-electron chi connectivity index (χ3n) is 4.39. The molecular formula is C22H25N3O2S. The highest BCUT2D eigenvalue weighted by Crippen LogP contribution is 2.19. The molecule has 0 bridgehead atoms. The number of rotatable bonds is 8. The summed E-state index contributed by atoms with van der Waals surface area (Å²) in [6, 6.07) is 17.1. The van der Waals surface area contributed by atoms with Crippen LogP contribution in [-0.2, 0) is 11.3 Å². The first kappa shape index (κ1) is 20.1. The molecule has 28 heavy (non-hydrogen) atoms. The van der Waals surface area contributed by atoms with Crippen LogP contribution in [0.3, 0.4) is 0 Å². The smallest absolute Gasteiger partial charge is 0.262 e. The van der Waals surface area contributed by atoms with Gasteiger partial charge in [0.2, 0.25) is 5.91 Å². The van der Waals surface area contributed by atoms with Crippen molar-refractivity contribution in [3.8, 4) is 0 Å². The van der Waals surface area contributed by atoms with Crippen LogP contribution in [0.1, 0.15) is 25.8 Å². The number of benzene rings is 2. The highest BCUT2D eigenvalue weighted by atomic mass is 32.2. The monoisotopic (exact) mass is 395 g/mol. The predicted molar refractivity (Wildman–Crippen MR) is 115 cm³/mol. The molecule has 1 heterocycles. The maximum Gasteiger partial charge on any atom is 0.262 e. The van der Waals surface area contributed by atoms with Gasteiger partial charge in [-0.05, 0) is 30.0 Å². The second-order valence-corrected chi connectivity index (χ2v) is 8.05. The Kier molecular flexibility index (Phi) is 6.87. The van der Waals surface area contributed by atoms with Crippen molar-refractivity contribution in [2.75, 3.05) is 12.3 Å². The number of para-hydroxylation sites is 1. The molecule has 0 aliphatic heterocycles. The molecular weight excluding hydrogens is 370 g/mol. The van der Waals surface area contributed by atoms with E-state index in [9.17, 15) is 9.59 Å². The van der Waals surface area contributed by atoms with E-state index in [-0.39, 0.29) is 17.2 Å². The van der Waals surface area contributed by atoms with Gasteiger partial charge in [0.25, 0.3) is 5.56 Å². The normalized spacial score (nSPS) is 11.1. The van der Waals surface area contributed by atoms with E-state index in [4.69, 9.17) is 0 Å². The molecule has 0 aliphatic rings. The number of hydrogen-bond acceptors (Lipinski definition) is 4. The minimum Gasteiger partial charge on any atom is -0.355 e. The molecule has 146 valence electrons. The Morgan fingerprint density at radius 3 is 2.57 bits per heavy atom. The van der Waals surface area contributed by atoms with E-state index in [0.29, 0.717) is 35.1 Å². The largest absolute Gasteiger partial charge is 0.355 e. The lowest BCUT2D eigenvalue weighted by atomic mass is 10.1. The Hall–Kier alpha value is -2.60. The summed E-state index contributed by atoms with van der Waals surface area (Å²) in [5.41, 5.74) is 1.58. The van der Waals surface area contributed by atoms with Crippen molar-refractivity contribution < 1.29 is 4.79 Å². The zero-order valence-corrected chi connectivity index (χ0v) is 17.0. The average Bonchev–Trinajstić information content (AvgIpc) is 2.69. The standard InChI is InChI=1S/C22H25N3O2S/c1-16(2)12-13-23-20(26)15-28-22-24-19-11-7-6-10-18(19)21(27)25(22)14-17-8-4-3-5-9-17/h3-11,16H,12-15H2,1-2H3,(H,23,26). The van der Waals surface area contributed by atoms with Crippen molar-refractivity contribution in [1.29, 1.82) is 0 Å². The van der Waals surface area contributed by atoms with Gasteiger partial charge in [0, 0.05) is 6.54 Å². The molecule has 3 aromatic rings. The van der Waals surface area contributed by atoms with Gasteiger partial charge in [-0.3, -0.25) is 14.2 Å². The Morgan fingerprint density at radius 1 is 1.11 bits per heavy atom. The van der Waals surface area contributed by atoms with Gasteiger partial charge < -0.3 is 5.32 Å². The number of nitrogens with one attached hydrogen (secondary N) is 1. The van der Waals surface area contributed by atoms with Crippen LogP contribution in [0.15, 0.2) is 64.5 Å². The molecule has 0 spiro atoms. The third kappa shape index (κ3) is 5.23. The fourth-order valence-electron chi connectivity index (χ4n) is 2.84. The van der Waals surface area contributed by atoms with Crippen LogP contribution < -0.4 is 10.9 Å². The first-order valence-electron chi connectivity index (χ1n) is 9.47. The predicted octanol–water partition coefficient (Wildman–Crippen LogP) is 3.70. The van der Waals surface area contributed by atoms with Gasteiger partial charge >= 0.3 is 0 Å². The first-order valence-corrected chi connectivity index (χ1v) is 10.5. The molecule has 0 radical (unpaired) electrons. The van der Waals surface area contributed by atoms with E-state index >= 15 is 0 Å². The van der Waals surface area contributed by atoms with Crippen LogP contribution in [0, 0.1) is 5.92 Å². The molecule has 1 aromatic heterocycles. The summed E-state index contributed by atoms with van der Waals surface area (Å²) in [4.78, 5) is 29.9. The molecule has 0 aliphatic carbocycles. The maximum absolute atomic E-state index is 13.1. The van der Waals surface area contributed by atoms with E-state index < -0.39 is 0 Å². The zero-order chi connectivity index (χ0) is 19.9. The van der Waals surface area contributed by atoms with Crippen LogP contribution in [0.25, 0.3) is 10.9 Å². The Morgan fingerprint density at radius 2 is 1.82 bits per heavy atom. The van der Waals surface area contributed by atoms with Crippen molar-refractivity contribution in [2.45, 2.75) is 32.0 Å². The second-order valence-electron chi connectivity index (χ2n) is 7.11. The molecule has 5 nitrogen and oxygen atoms in total. The number of carbonyl (C=O) groups is 1. The van der Waals surface area contributed by atoms with Crippen LogP contribution in [-0.4, -0.2) is 27.8 Å². The molecule has 0 saturated heterocycles. The number of carbonyl (C=O) groups excluding carboxylic acids is 1. The lowest BCUT2D eigenvalue weighted by Crippen LogP contribution is -2.28. The summed E-state index contributed by atoms with van der Waals surface area (Å²) in [7, 11) is 0. The zero-order valence-electron chi connectivity index (χ0n) is 16.2. The topological polar surface area (TPSA) is 64.0 Å². The number of aromatic nitrogens is 2. The van der Waals surface area contributed by atoms with Crippen molar-refractivity contribution in [1.82, 2.24) is 14.9 Å². The molecule has 3 rings (SSSR count). The molecule has 0 atom stereocenters. The van der Waals surface area contributed by atoms with Crippen LogP contribution in [0.2, 0.25) is 0 Å². The van der Waals surface area contributed by atoms with Crippen molar-refractivity contribution >= 4 is 28.6 Å². The van der Waals surface area contributed by atoms with Gasteiger partial charge in [-0.1, -0.05) is 68.1 Å². The van der Waals surface area contributed by atoms with E-state index in [0.717, 1.165) is 12.0 Å². The van der Waals surface area contributed by atoms with Crippen molar-refractivity contribution in [2.24, 2.45) is 5.92 Å². The summed E-state index contributed by atoms with van der Waals surface area (Å²) in [5.74, 6) is 0.739. The molecule has 6 heteroatoms. The van der Waals surface area contributed by atoms with Crippen LogP contribution >= 0.6 is 11.8 Å². The Bertz CT molecular complexity index is 1000. The lowest BCUT2D eigenvalue weighted by molar-refractivity contribution is -0.118. The molecule has 0 fully saturated rings.